The third kappa shape index (κ3) is 2.79. The maximum absolute atomic E-state index is 12.1. The number of halogens is 1. The molecule has 0 aliphatic carbocycles. The summed E-state index contributed by atoms with van der Waals surface area (Å²) in [5, 5.41) is 6.87. The van der Waals surface area contributed by atoms with Crippen LogP contribution in [0.5, 0.6) is 0 Å². The number of hydrogen-bond donors (Lipinski definition) is 2. The molecule has 0 radical (unpaired) electrons. The van der Waals surface area contributed by atoms with Gasteiger partial charge in [-0.2, -0.15) is 0 Å². The predicted molar refractivity (Wildman–Crippen MR) is 68.9 cm³/mol. The number of benzene rings is 1. The highest BCUT2D eigenvalue weighted by Crippen LogP contribution is 2.24. The van der Waals surface area contributed by atoms with E-state index in [9.17, 15) is 4.79 Å². The Morgan fingerprint density at radius 1 is 1.53 bits per heavy atom. The summed E-state index contributed by atoms with van der Waals surface area (Å²) in [6.45, 7) is 4.15. The highest BCUT2D eigenvalue weighted by atomic mass is 35.5. The maximum atomic E-state index is 12.1. The van der Waals surface area contributed by atoms with Crippen molar-refractivity contribution in [2.45, 2.75) is 19.9 Å². The van der Waals surface area contributed by atoms with Crippen LogP contribution in [0.3, 0.4) is 0 Å². The maximum Gasteiger partial charge on any atom is 0.227 e. The molecule has 0 spiro atoms. The van der Waals surface area contributed by atoms with Gasteiger partial charge in [-0.15, -0.1) is 0 Å². The Hall–Kier alpha value is -1.06. The van der Waals surface area contributed by atoms with E-state index in [0.29, 0.717) is 11.6 Å². The Balaban J connectivity index is 1.94. The van der Waals surface area contributed by atoms with Crippen molar-refractivity contribution in [2.24, 2.45) is 5.41 Å². The Kier molecular flexibility index (Phi) is 3.69. The van der Waals surface area contributed by atoms with Gasteiger partial charge >= 0.3 is 0 Å². The molecule has 0 saturated carbocycles. The summed E-state index contributed by atoms with van der Waals surface area (Å²) in [5.74, 6) is 0.0995. The summed E-state index contributed by atoms with van der Waals surface area (Å²) >= 11 is 6.04. The fraction of sp³-hybridized carbons (Fsp3) is 0.462. The van der Waals surface area contributed by atoms with Crippen LogP contribution in [0, 0.1) is 5.41 Å². The van der Waals surface area contributed by atoms with Gasteiger partial charge in [-0.1, -0.05) is 29.8 Å². The number of carbonyl (C=O) groups excluding carboxylic acids is 1. The molecular weight excluding hydrogens is 236 g/mol. The second-order valence-corrected chi connectivity index (χ2v) is 5.17. The lowest BCUT2D eigenvalue weighted by Gasteiger charge is -2.21. The minimum absolute atomic E-state index is 0.0995. The SMILES string of the molecule is CC1(C(=O)NCc2ccccc2Cl)CCNC1. The summed E-state index contributed by atoms with van der Waals surface area (Å²) in [5.41, 5.74) is 0.679. The highest BCUT2D eigenvalue weighted by Gasteiger charge is 2.35. The Morgan fingerprint density at radius 2 is 2.29 bits per heavy atom. The number of nitrogens with one attached hydrogen (secondary N) is 2. The average Bonchev–Trinajstić information content (AvgIpc) is 2.76. The van der Waals surface area contributed by atoms with E-state index in [2.05, 4.69) is 10.6 Å². The third-order valence-electron chi connectivity index (χ3n) is 3.31. The summed E-state index contributed by atoms with van der Waals surface area (Å²) in [7, 11) is 0. The molecule has 1 aliphatic rings. The van der Waals surface area contributed by atoms with Crippen LogP contribution in [0.1, 0.15) is 18.9 Å². The molecule has 1 amide bonds. The van der Waals surface area contributed by atoms with Crippen molar-refractivity contribution >= 4 is 17.5 Å². The van der Waals surface area contributed by atoms with Gasteiger partial charge in [-0.3, -0.25) is 4.79 Å². The zero-order chi connectivity index (χ0) is 12.3. The van der Waals surface area contributed by atoms with E-state index in [-0.39, 0.29) is 11.3 Å². The monoisotopic (exact) mass is 252 g/mol. The van der Waals surface area contributed by atoms with E-state index in [1.54, 1.807) is 0 Å². The van der Waals surface area contributed by atoms with E-state index >= 15 is 0 Å². The van der Waals surface area contributed by atoms with Gasteiger partial charge in [0.2, 0.25) is 5.91 Å². The Labute approximate surface area is 107 Å². The first-order valence-corrected chi connectivity index (χ1v) is 6.22. The molecule has 1 aromatic rings. The van der Waals surface area contributed by atoms with Crippen molar-refractivity contribution in [3.8, 4) is 0 Å². The van der Waals surface area contributed by atoms with Crippen LogP contribution >= 0.6 is 11.6 Å². The number of carbonyl (C=O) groups is 1. The minimum atomic E-state index is -0.277. The molecule has 1 heterocycles. The molecule has 2 N–H and O–H groups in total. The largest absolute Gasteiger partial charge is 0.351 e. The molecule has 17 heavy (non-hydrogen) atoms. The number of hydrogen-bond acceptors (Lipinski definition) is 2. The van der Waals surface area contributed by atoms with Gasteiger partial charge in [0.05, 0.1) is 5.41 Å². The van der Waals surface area contributed by atoms with E-state index < -0.39 is 0 Å². The van der Waals surface area contributed by atoms with Crippen LogP contribution in [-0.4, -0.2) is 19.0 Å². The first-order valence-electron chi connectivity index (χ1n) is 5.84. The molecule has 3 nitrogen and oxygen atoms in total. The van der Waals surface area contributed by atoms with Crippen molar-refractivity contribution < 1.29 is 4.79 Å². The molecule has 2 rings (SSSR count). The molecule has 1 saturated heterocycles. The standard InChI is InChI=1S/C13H17ClN2O/c1-13(6-7-15-9-13)12(17)16-8-10-4-2-3-5-11(10)14/h2-5,15H,6-9H2,1H3,(H,16,17). The molecule has 4 heteroatoms. The zero-order valence-electron chi connectivity index (χ0n) is 9.92. The minimum Gasteiger partial charge on any atom is -0.351 e. The van der Waals surface area contributed by atoms with Gasteiger partial charge in [-0.25, -0.2) is 0 Å². The summed E-state index contributed by atoms with van der Waals surface area (Å²) in [6, 6.07) is 7.57. The molecule has 0 bridgehead atoms. The second kappa shape index (κ2) is 5.07. The van der Waals surface area contributed by atoms with Gasteiger partial charge < -0.3 is 10.6 Å². The van der Waals surface area contributed by atoms with E-state index in [4.69, 9.17) is 11.6 Å². The topological polar surface area (TPSA) is 41.1 Å². The lowest BCUT2D eigenvalue weighted by atomic mass is 9.89. The quantitative estimate of drug-likeness (QED) is 0.864. The van der Waals surface area contributed by atoms with Crippen LogP contribution < -0.4 is 10.6 Å². The predicted octanol–water partition coefficient (Wildman–Crippen LogP) is 1.96. The Bertz CT molecular complexity index is 414. The third-order valence-corrected chi connectivity index (χ3v) is 3.68. The van der Waals surface area contributed by atoms with Crippen LogP contribution in [0.15, 0.2) is 24.3 Å². The van der Waals surface area contributed by atoms with Gasteiger partial charge in [0.15, 0.2) is 0 Å². The molecule has 1 aliphatic heterocycles. The van der Waals surface area contributed by atoms with Gasteiger partial charge in [-0.05, 0) is 31.5 Å². The number of amides is 1. The Morgan fingerprint density at radius 3 is 2.94 bits per heavy atom. The number of rotatable bonds is 3. The summed E-state index contributed by atoms with van der Waals surface area (Å²) < 4.78 is 0. The van der Waals surface area contributed by atoms with Crippen molar-refractivity contribution in [1.29, 1.82) is 0 Å². The normalized spacial score (nSPS) is 23.6. The van der Waals surface area contributed by atoms with Crippen molar-refractivity contribution in [3.05, 3.63) is 34.9 Å². The van der Waals surface area contributed by atoms with Crippen molar-refractivity contribution in [3.63, 3.8) is 0 Å². The van der Waals surface area contributed by atoms with Crippen LogP contribution in [-0.2, 0) is 11.3 Å². The summed E-state index contributed by atoms with van der Waals surface area (Å²) in [4.78, 5) is 12.1. The van der Waals surface area contributed by atoms with Crippen LogP contribution in [0.4, 0.5) is 0 Å². The van der Waals surface area contributed by atoms with E-state index in [0.717, 1.165) is 25.1 Å². The smallest absolute Gasteiger partial charge is 0.227 e. The first-order chi connectivity index (χ1) is 8.12. The van der Waals surface area contributed by atoms with E-state index in [1.807, 2.05) is 31.2 Å². The summed E-state index contributed by atoms with van der Waals surface area (Å²) in [6.07, 6.45) is 0.890. The van der Waals surface area contributed by atoms with Gasteiger partial charge in [0, 0.05) is 18.1 Å². The molecule has 1 unspecified atom stereocenters. The van der Waals surface area contributed by atoms with Crippen molar-refractivity contribution in [1.82, 2.24) is 10.6 Å². The molecule has 1 aromatic carbocycles. The first kappa shape index (κ1) is 12.4. The molecule has 92 valence electrons. The highest BCUT2D eigenvalue weighted by molar-refractivity contribution is 6.31. The van der Waals surface area contributed by atoms with Crippen molar-refractivity contribution in [2.75, 3.05) is 13.1 Å². The lowest BCUT2D eigenvalue weighted by Crippen LogP contribution is -2.40. The zero-order valence-corrected chi connectivity index (χ0v) is 10.7. The fourth-order valence-electron chi connectivity index (χ4n) is 2.04. The molecule has 0 aromatic heterocycles. The van der Waals surface area contributed by atoms with Crippen LogP contribution in [0.25, 0.3) is 0 Å². The lowest BCUT2D eigenvalue weighted by molar-refractivity contribution is -0.129. The second-order valence-electron chi connectivity index (χ2n) is 4.76. The van der Waals surface area contributed by atoms with E-state index in [1.165, 1.54) is 0 Å². The fourth-order valence-corrected chi connectivity index (χ4v) is 2.24. The average molecular weight is 253 g/mol. The van der Waals surface area contributed by atoms with Crippen LogP contribution in [0.2, 0.25) is 5.02 Å². The molecular formula is C13H17ClN2O. The molecule has 1 atom stereocenters. The molecule has 1 fully saturated rings. The van der Waals surface area contributed by atoms with Gasteiger partial charge in [0.1, 0.15) is 0 Å². The van der Waals surface area contributed by atoms with Gasteiger partial charge in [0.25, 0.3) is 0 Å².